The Morgan fingerprint density at radius 2 is 2.32 bits per heavy atom. The van der Waals surface area contributed by atoms with Gasteiger partial charge in [0, 0.05) is 16.2 Å². The van der Waals surface area contributed by atoms with Crippen molar-refractivity contribution in [3.63, 3.8) is 0 Å². The number of carbonyl (C=O) groups excluding carboxylic acids is 1. The lowest BCUT2D eigenvalue weighted by Crippen LogP contribution is -2.29. The van der Waals surface area contributed by atoms with Crippen molar-refractivity contribution < 1.29 is 14.1 Å². The molecule has 0 radical (unpaired) electrons. The van der Waals surface area contributed by atoms with Gasteiger partial charge in [-0.2, -0.15) is 9.83 Å². The van der Waals surface area contributed by atoms with Gasteiger partial charge >= 0.3 is 11.1 Å². The average Bonchev–Trinajstić information content (AvgIpc) is 3.32. The van der Waals surface area contributed by atoms with Gasteiger partial charge in [-0.05, 0) is 37.1 Å². The highest BCUT2D eigenvalue weighted by Gasteiger charge is 2.34. The number of nitriles is 1. The van der Waals surface area contributed by atoms with Crippen molar-refractivity contribution in [1.29, 1.82) is 5.26 Å². The first-order valence-electron chi connectivity index (χ1n) is 8.75. The highest BCUT2D eigenvalue weighted by molar-refractivity contribution is 7.99. The van der Waals surface area contributed by atoms with Crippen molar-refractivity contribution in [2.75, 3.05) is 18.1 Å². The number of carbonyl (C=O) groups is 1. The number of nitrogens with two attached hydrogens (primary N) is 1. The van der Waals surface area contributed by atoms with Crippen molar-refractivity contribution in [2.24, 2.45) is 0 Å². The Kier molecular flexibility index (Phi) is 6.02. The summed E-state index contributed by atoms with van der Waals surface area (Å²) in [6.45, 7) is 5.84. The first kappa shape index (κ1) is 19.9. The molecule has 3 rings (SSSR count). The van der Waals surface area contributed by atoms with Crippen LogP contribution < -0.4 is 10.3 Å². The molecule has 0 atom stereocenters. The van der Waals surface area contributed by atoms with E-state index >= 15 is 0 Å². The summed E-state index contributed by atoms with van der Waals surface area (Å²) in [4.78, 5) is 13.5. The van der Waals surface area contributed by atoms with Gasteiger partial charge < -0.3 is 10.5 Å². The van der Waals surface area contributed by atoms with E-state index in [0.717, 1.165) is 10.6 Å². The summed E-state index contributed by atoms with van der Waals surface area (Å²) in [5.74, 6) is 0.378. The number of rotatable bonds is 6. The van der Waals surface area contributed by atoms with Crippen LogP contribution in [0.2, 0.25) is 0 Å². The van der Waals surface area contributed by atoms with E-state index in [9.17, 15) is 10.1 Å². The number of thioether (sulfide) groups is 1. The molecule has 0 aromatic carbocycles. The molecule has 3 aromatic heterocycles. The van der Waals surface area contributed by atoms with Crippen LogP contribution in [0.3, 0.4) is 0 Å². The summed E-state index contributed by atoms with van der Waals surface area (Å²) in [5, 5.41) is 17.2. The Balaban J connectivity index is 2.53. The van der Waals surface area contributed by atoms with Crippen LogP contribution in [-0.4, -0.2) is 27.9 Å². The number of esters is 1. The van der Waals surface area contributed by atoms with Crippen LogP contribution in [0.15, 0.2) is 28.7 Å². The van der Waals surface area contributed by atoms with E-state index in [1.807, 2.05) is 48.2 Å². The van der Waals surface area contributed by atoms with Gasteiger partial charge in [-0.3, -0.25) is 0 Å². The number of pyridine rings is 1. The second kappa shape index (κ2) is 8.46. The van der Waals surface area contributed by atoms with Crippen LogP contribution in [0.4, 0.5) is 5.82 Å². The molecular weight excluding hydrogens is 394 g/mol. The standard InChI is InChI=1S/C19H19N5O2S2/c1-4-9-23-17-12(11-20)14(13-8-7-10-28-13)15(18(25)26-5-2)16(21)24(17)22-19(23)27-6-3/h4,7-10,21H,5-6H2,1-3H3/p+1/b9-4+. The molecule has 0 fully saturated rings. The number of aromatic nitrogens is 3. The van der Waals surface area contributed by atoms with Gasteiger partial charge in [-0.15, -0.1) is 11.3 Å². The first-order valence-corrected chi connectivity index (χ1v) is 10.6. The molecule has 0 bridgehead atoms. The molecule has 0 amide bonds. The van der Waals surface area contributed by atoms with Crippen LogP contribution in [0.25, 0.3) is 22.3 Å². The predicted octanol–water partition coefficient (Wildman–Crippen LogP) is 3.58. The number of hydrogen-bond acceptors (Lipinski definition) is 7. The topological polar surface area (TPSA) is 97.3 Å². The van der Waals surface area contributed by atoms with E-state index in [4.69, 9.17) is 10.5 Å². The molecule has 3 aromatic rings. The molecule has 0 aliphatic heterocycles. The highest BCUT2D eigenvalue weighted by Crippen LogP contribution is 2.37. The van der Waals surface area contributed by atoms with Gasteiger partial charge in [0.2, 0.25) is 5.82 Å². The first-order chi connectivity index (χ1) is 13.6. The fourth-order valence-corrected chi connectivity index (χ4v) is 4.40. The van der Waals surface area contributed by atoms with Crippen LogP contribution in [0.1, 0.15) is 36.7 Å². The summed E-state index contributed by atoms with van der Waals surface area (Å²) in [5.41, 5.74) is 7.89. The van der Waals surface area contributed by atoms with E-state index in [-0.39, 0.29) is 18.0 Å². The zero-order valence-electron chi connectivity index (χ0n) is 15.8. The number of thiophene rings is 1. The van der Waals surface area contributed by atoms with Crippen molar-refractivity contribution in [2.45, 2.75) is 25.9 Å². The molecule has 0 saturated heterocycles. The molecule has 0 spiro atoms. The number of nitrogen functional groups attached to an aromatic ring is 1. The minimum atomic E-state index is -0.570. The normalized spacial score (nSPS) is 11.2. The summed E-state index contributed by atoms with van der Waals surface area (Å²) in [6, 6.07) is 5.99. The fraction of sp³-hybridized carbons (Fsp3) is 0.263. The molecule has 0 saturated carbocycles. The Hall–Kier alpha value is -2.83. The van der Waals surface area contributed by atoms with E-state index < -0.39 is 5.97 Å². The van der Waals surface area contributed by atoms with Gasteiger partial charge in [0.25, 0.3) is 5.65 Å². The molecule has 0 aliphatic carbocycles. The summed E-state index contributed by atoms with van der Waals surface area (Å²) >= 11 is 2.96. The Morgan fingerprint density at radius 1 is 1.54 bits per heavy atom. The quantitative estimate of drug-likeness (QED) is 0.376. The third-order valence-electron chi connectivity index (χ3n) is 3.96. The monoisotopic (exact) mass is 414 g/mol. The van der Waals surface area contributed by atoms with Crippen molar-refractivity contribution in [1.82, 2.24) is 9.61 Å². The molecule has 3 heterocycles. The second-order valence-electron chi connectivity index (χ2n) is 5.62. The summed E-state index contributed by atoms with van der Waals surface area (Å²) in [6.07, 6.45) is 3.70. The Morgan fingerprint density at radius 3 is 2.89 bits per heavy atom. The summed E-state index contributed by atoms with van der Waals surface area (Å²) < 4.78 is 8.52. The molecule has 7 nitrogen and oxygen atoms in total. The van der Waals surface area contributed by atoms with E-state index in [1.54, 1.807) is 6.92 Å². The lowest BCUT2D eigenvalue weighted by molar-refractivity contribution is -0.583. The number of allylic oxidation sites excluding steroid dienone is 1. The molecule has 28 heavy (non-hydrogen) atoms. The average molecular weight is 415 g/mol. The van der Waals surface area contributed by atoms with Gasteiger partial charge in [-0.25, -0.2) is 4.79 Å². The number of ether oxygens (including phenoxy) is 1. The number of hydrogen-bond donors (Lipinski definition) is 1. The molecule has 0 aliphatic rings. The minimum absolute atomic E-state index is 0.150. The van der Waals surface area contributed by atoms with E-state index in [2.05, 4.69) is 11.2 Å². The van der Waals surface area contributed by atoms with Gasteiger partial charge in [0.15, 0.2) is 0 Å². The van der Waals surface area contributed by atoms with Crippen LogP contribution in [0, 0.1) is 11.3 Å². The molecule has 2 N–H and O–H groups in total. The Bertz CT molecular complexity index is 1090. The largest absolute Gasteiger partial charge is 0.462 e. The van der Waals surface area contributed by atoms with Crippen molar-refractivity contribution in [3.05, 3.63) is 34.7 Å². The third-order valence-corrected chi connectivity index (χ3v) is 5.67. The predicted molar refractivity (Wildman–Crippen MR) is 111 cm³/mol. The van der Waals surface area contributed by atoms with Crippen molar-refractivity contribution in [3.8, 4) is 16.5 Å². The lowest BCUT2D eigenvalue weighted by atomic mass is 10.0. The minimum Gasteiger partial charge on any atom is -0.462 e. The number of nitrogens with zero attached hydrogens (tertiary/aromatic N) is 4. The van der Waals surface area contributed by atoms with Crippen LogP contribution in [-0.2, 0) is 4.74 Å². The fourth-order valence-electron chi connectivity index (χ4n) is 2.93. The third kappa shape index (κ3) is 3.25. The van der Waals surface area contributed by atoms with Gasteiger partial charge in [0.05, 0.1) is 17.9 Å². The number of fused-ring (bicyclic) bond motifs is 1. The summed E-state index contributed by atoms with van der Waals surface area (Å²) in [7, 11) is 0. The maximum absolute atomic E-state index is 12.8. The van der Waals surface area contributed by atoms with Gasteiger partial charge in [-0.1, -0.05) is 23.6 Å². The zero-order valence-corrected chi connectivity index (χ0v) is 17.4. The highest BCUT2D eigenvalue weighted by atomic mass is 32.2. The second-order valence-corrected chi connectivity index (χ2v) is 7.80. The maximum Gasteiger partial charge on any atom is 0.344 e. The van der Waals surface area contributed by atoms with E-state index in [1.165, 1.54) is 27.6 Å². The molecular formula is C19H20N5O2S2+. The SMILES string of the molecule is C/C=C/[n+]1c(SCC)nn2c(N)c(C(=O)OCC)c(-c3cccs3)c(C#N)c21. The zero-order chi connectivity index (χ0) is 20.3. The molecule has 9 heteroatoms. The van der Waals surface area contributed by atoms with Crippen molar-refractivity contribution >= 4 is 46.7 Å². The molecule has 144 valence electrons. The lowest BCUT2D eigenvalue weighted by Gasteiger charge is -2.11. The van der Waals surface area contributed by atoms with Crippen LogP contribution in [0.5, 0.6) is 0 Å². The maximum atomic E-state index is 12.8. The number of anilines is 1. The Labute approximate surface area is 171 Å². The molecule has 0 unspecified atom stereocenters. The van der Waals surface area contributed by atoms with E-state index in [0.29, 0.717) is 21.9 Å². The van der Waals surface area contributed by atoms with Crippen LogP contribution >= 0.6 is 23.1 Å². The van der Waals surface area contributed by atoms with Gasteiger partial charge in [0.1, 0.15) is 17.2 Å². The smallest absolute Gasteiger partial charge is 0.344 e.